The summed E-state index contributed by atoms with van der Waals surface area (Å²) in [7, 11) is -3.05. The first-order chi connectivity index (χ1) is 9.65. The van der Waals surface area contributed by atoms with E-state index in [9.17, 15) is 23.1 Å². The average Bonchev–Trinajstić information content (AvgIpc) is 2.36. The van der Waals surface area contributed by atoms with E-state index in [-0.39, 0.29) is 12.3 Å². The zero-order chi connectivity index (χ0) is 16.1. The molecule has 1 rings (SSSR count). The Balaban J connectivity index is 2.45. The number of amides is 2. The molecular weight excluding hydrogens is 296 g/mol. The van der Waals surface area contributed by atoms with Gasteiger partial charge in [0.15, 0.2) is 0 Å². The van der Waals surface area contributed by atoms with E-state index in [1.807, 2.05) is 0 Å². The Hall–Kier alpha value is -1.31. The number of carbonyl (C=O) groups excluding carboxylic acids is 1. The number of carbonyl (C=O) groups is 2. The van der Waals surface area contributed by atoms with Gasteiger partial charge < -0.3 is 15.7 Å². The largest absolute Gasteiger partial charge is 0.480 e. The summed E-state index contributed by atoms with van der Waals surface area (Å²) in [5, 5.41) is 14.4. The SMILES string of the molecule is CC1CCC(NC(=O)NCCCS(C)(=O)=O)(C(=O)O)CC1. The first kappa shape index (κ1) is 17.7. The maximum atomic E-state index is 11.8. The number of hydrogen-bond acceptors (Lipinski definition) is 4. The summed E-state index contributed by atoms with van der Waals surface area (Å²) in [5.41, 5.74) is -1.20. The van der Waals surface area contributed by atoms with Crippen molar-refractivity contribution in [2.24, 2.45) is 5.92 Å². The van der Waals surface area contributed by atoms with Crippen molar-refractivity contribution in [3.8, 4) is 0 Å². The molecule has 0 heterocycles. The Kier molecular flexibility index (Phi) is 6.00. The van der Waals surface area contributed by atoms with Crippen molar-refractivity contribution in [2.75, 3.05) is 18.6 Å². The van der Waals surface area contributed by atoms with Gasteiger partial charge >= 0.3 is 12.0 Å². The van der Waals surface area contributed by atoms with Crippen LogP contribution in [0.4, 0.5) is 4.79 Å². The molecule has 0 aromatic rings. The molecule has 1 fully saturated rings. The van der Waals surface area contributed by atoms with E-state index in [4.69, 9.17) is 0 Å². The Morgan fingerprint density at radius 3 is 2.33 bits per heavy atom. The molecule has 0 saturated heterocycles. The molecule has 3 N–H and O–H groups in total. The smallest absolute Gasteiger partial charge is 0.329 e. The van der Waals surface area contributed by atoms with E-state index < -0.39 is 27.4 Å². The van der Waals surface area contributed by atoms with Gasteiger partial charge in [0.05, 0.1) is 5.75 Å². The lowest BCUT2D eigenvalue weighted by molar-refractivity contribution is -0.146. The predicted octanol–water partition coefficient (Wildman–Crippen LogP) is 0.754. The molecular formula is C13H24N2O5S. The third-order valence-corrected chi connectivity index (χ3v) is 4.90. The molecule has 0 radical (unpaired) electrons. The first-order valence-electron chi connectivity index (χ1n) is 7.12. The van der Waals surface area contributed by atoms with Gasteiger partial charge in [-0.25, -0.2) is 18.0 Å². The highest BCUT2D eigenvalue weighted by Crippen LogP contribution is 2.32. The van der Waals surface area contributed by atoms with Crippen molar-refractivity contribution in [1.29, 1.82) is 0 Å². The van der Waals surface area contributed by atoms with Crippen LogP contribution in [0.15, 0.2) is 0 Å². The summed E-state index contributed by atoms with van der Waals surface area (Å²) in [6.45, 7) is 2.27. The monoisotopic (exact) mass is 320 g/mol. The molecule has 21 heavy (non-hydrogen) atoms. The predicted molar refractivity (Wildman–Crippen MR) is 78.9 cm³/mol. The van der Waals surface area contributed by atoms with Crippen molar-refractivity contribution in [2.45, 2.75) is 44.6 Å². The quantitative estimate of drug-likeness (QED) is 0.625. The minimum Gasteiger partial charge on any atom is -0.480 e. The highest BCUT2D eigenvalue weighted by Gasteiger charge is 2.42. The van der Waals surface area contributed by atoms with Gasteiger partial charge in [-0.3, -0.25) is 0 Å². The van der Waals surface area contributed by atoms with Gasteiger partial charge in [0.2, 0.25) is 0 Å². The van der Waals surface area contributed by atoms with Gasteiger partial charge in [-0.05, 0) is 38.0 Å². The zero-order valence-electron chi connectivity index (χ0n) is 12.5. The van der Waals surface area contributed by atoms with Crippen molar-refractivity contribution >= 4 is 21.8 Å². The van der Waals surface area contributed by atoms with Gasteiger partial charge in [-0.1, -0.05) is 6.92 Å². The molecule has 0 unspecified atom stereocenters. The van der Waals surface area contributed by atoms with Crippen LogP contribution in [0.3, 0.4) is 0 Å². The lowest BCUT2D eigenvalue weighted by Gasteiger charge is -2.36. The number of urea groups is 1. The third-order valence-electron chi connectivity index (χ3n) is 3.87. The average molecular weight is 320 g/mol. The second kappa shape index (κ2) is 7.11. The summed E-state index contributed by atoms with van der Waals surface area (Å²) in [5.74, 6) is -0.549. The van der Waals surface area contributed by atoms with Crippen molar-refractivity contribution < 1.29 is 23.1 Å². The second-order valence-corrected chi connectivity index (χ2v) is 8.19. The maximum Gasteiger partial charge on any atom is 0.329 e. The maximum absolute atomic E-state index is 11.8. The van der Waals surface area contributed by atoms with Gasteiger partial charge in [-0.15, -0.1) is 0 Å². The molecule has 0 atom stereocenters. The van der Waals surface area contributed by atoms with Crippen molar-refractivity contribution in [3.05, 3.63) is 0 Å². The molecule has 0 bridgehead atoms. The number of hydrogen-bond donors (Lipinski definition) is 3. The summed E-state index contributed by atoms with van der Waals surface area (Å²) >= 11 is 0. The van der Waals surface area contributed by atoms with Crippen LogP contribution in [0.25, 0.3) is 0 Å². The van der Waals surface area contributed by atoms with Gasteiger partial charge in [-0.2, -0.15) is 0 Å². The molecule has 0 aromatic carbocycles. The standard InChI is InChI=1S/C13H24N2O5S/c1-10-4-6-13(7-5-10,11(16)17)15-12(18)14-8-3-9-21(2,19)20/h10H,3-9H2,1-2H3,(H,16,17)(H2,14,15,18). The molecule has 1 saturated carbocycles. The summed E-state index contributed by atoms with van der Waals surface area (Å²) in [4.78, 5) is 23.3. The van der Waals surface area contributed by atoms with E-state index >= 15 is 0 Å². The number of carboxylic acid groups (broad SMARTS) is 1. The van der Waals surface area contributed by atoms with Gasteiger partial charge in [0.25, 0.3) is 0 Å². The molecule has 1 aliphatic rings. The second-order valence-electron chi connectivity index (χ2n) is 5.93. The minimum absolute atomic E-state index is 0.00509. The fourth-order valence-electron chi connectivity index (χ4n) is 2.45. The molecule has 122 valence electrons. The number of rotatable bonds is 6. The Morgan fingerprint density at radius 2 is 1.86 bits per heavy atom. The van der Waals surface area contributed by atoms with E-state index in [1.54, 1.807) is 0 Å². The van der Waals surface area contributed by atoms with Gasteiger partial charge in [0.1, 0.15) is 15.4 Å². The van der Waals surface area contributed by atoms with Crippen LogP contribution in [0.2, 0.25) is 0 Å². The van der Waals surface area contributed by atoms with Crippen molar-refractivity contribution in [3.63, 3.8) is 0 Å². The van der Waals surface area contributed by atoms with Gasteiger partial charge in [0, 0.05) is 12.8 Å². The summed E-state index contributed by atoms with van der Waals surface area (Å²) < 4.78 is 21.9. The van der Waals surface area contributed by atoms with Crippen LogP contribution in [-0.4, -0.2) is 49.6 Å². The lowest BCUT2D eigenvalue weighted by atomic mass is 9.77. The normalized spacial score (nSPS) is 26.1. The first-order valence-corrected chi connectivity index (χ1v) is 9.18. The van der Waals surface area contributed by atoms with E-state index in [0.29, 0.717) is 25.2 Å². The molecule has 0 aromatic heterocycles. The molecule has 8 heteroatoms. The molecule has 0 spiro atoms. The Bertz CT molecular complexity index is 481. The Labute approximate surface area is 125 Å². The summed E-state index contributed by atoms with van der Waals surface area (Å²) in [6.07, 6.45) is 3.81. The van der Waals surface area contributed by atoms with Crippen LogP contribution in [0.5, 0.6) is 0 Å². The number of carboxylic acids is 1. The third kappa shape index (κ3) is 5.91. The lowest BCUT2D eigenvalue weighted by Crippen LogP contribution is -2.58. The number of aliphatic carboxylic acids is 1. The van der Waals surface area contributed by atoms with Crippen LogP contribution >= 0.6 is 0 Å². The van der Waals surface area contributed by atoms with Crippen LogP contribution in [0, 0.1) is 5.92 Å². The van der Waals surface area contributed by atoms with E-state index in [1.165, 1.54) is 0 Å². The minimum atomic E-state index is -3.05. The molecule has 7 nitrogen and oxygen atoms in total. The van der Waals surface area contributed by atoms with Crippen molar-refractivity contribution in [1.82, 2.24) is 10.6 Å². The highest BCUT2D eigenvalue weighted by molar-refractivity contribution is 7.90. The number of nitrogens with one attached hydrogen (secondary N) is 2. The van der Waals surface area contributed by atoms with Crippen LogP contribution in [-0.2, 0) is 14.6 Å². The zero-order valence-corrected chi connectivity index (χ0v) is 13.3. The van der Waals surface area contributed by atoms with E-state index in [0.717, 1.165) is 19.1 Å². The molecule has 2 amide bonds. The molecule has 1 aliphatic carbocycles. The molecule has 0 aliphatic heterocycles. The highest BCUT2D eigenvalue weighted by atomic mass is 32.2. The topological polar surface area (TPSA) is 113 Å². The van der Waals surface area contributed by atoms with E-state index in [2.05, 4.69) is 17.6 Å². The van der Waals surface area contributed by atoms with Crippen LogP contribution < -0.4 is 10.6 Å². The fraction of sp³-hybridized carbons (Fsp3) is 0.846. The Morgan fingerprint density at radius 1 is 1.29 bits per heavy atom. The fourth-order valence-corrected chi connectivity index (χ4v) is 3.11. The number of sulfone groups is 1. The summed E-state index contributed by atoms with van der Waals surface area (Å²) in [6, 6.07) is -0.555. The van der Waals surface area contributed by atoms with Crippen LogP contribution in [0.1, 0.15) is 39.0 Å².